The van der Waals surface area contributed by atoms with Crippen LogP contribution >= 0.6 is 23.2 Å². The third kappa shape index (κ3) is 6.72. The summed E-state index contributed by atoms with van der Waals surface area (Å²) in [6.07, 6.45) is 1.11. The van der Waals surface area contributed by atoms with Gasteiger partial charge in [-0.15, -0.1) is 0 Å². The van der Waals surface area contributed by atoms with Gasteiger partial charge in [0.25, 0.3) is 5.91 Å². The van der Waals surface area contributed by atoms with Gasteiger partial charge in [0, 0.05) is 51.7 Å². The molecule has 0 aliphatic heterocycles. The summed E-state index contributed by atoms with van der Waals surface area (Å²) in [6, 6.07) is 17.3. The number of rotatable bonds is 9. The first kappa shape index (κ1) is 28.5. The van der Waals surface area contributed by atoms with Crippen LogP contribution in [0.3, 0.4) is 0 Å². The van der Waals surface area contributed by atoms with E-state index in [0.29, 0.717) is 49.1 Å². The molecular weight excluding hydrogens is 561 g/mol. The third-order valence-corrected chi connectivity index (χ3v) is 6.47. The minimum Gasteiger partial charge on any atom is -0.481 e. The van der Waals surface area contributed by atoms with Gasteiger partial charge in [0.2, 0.25) is 0 Å². The number of carbonyl (C=O) groups is 2. The second-order valence-electron chi connectivity index (χ2n) is 8.61. The van der Waals surface area contributed by atoms with E-state index < -0.39 is 23.5 Å². The number of nitrogens with zero attached hydrogens (tertiary/aromatic N) is 2. The maximum Gasteiger partial charge on any atom is 0.305 e. The number of nitrogens with one attached hydrogen (secondary N) is 2. The van der Waals surface area contributed by atoms with Gasteiger partial charge in [-0.1, -0.05) is 41.4 Å². The summed E-state index contributed by atoms with van der Waals surface area (Å²) in [5.41, 5.74) is 3.40. The highest BCUT2D eigenvalue weighted by molar-refractivity contribution is 6.36. The first-order chi connectivity index (χ1) is 19.2. The fourth-order valence-corrected chi connectivity index (χ4v) is 4.46. The van der Waals surface area contributed by atoms with Crippen LogP contribution in [-0.2, 0) is 11.3 Å². The molecule has 4 rings (SSSR count). The summed E-state index contributed by atoms with van der Waals surface area (Å²) >= 11 is 12.3. The monoisotopic (exact) mass is 580 g/mol. The average Bonchev–Trinajstić information content (AvgIpc) is 2.93. The minimum absolute atomic E-state index is 0.0429. The fourth-order valence-electron chi connectivity index (χ4n) is 3.95. The van der Waals surface area contributed by atoms with E-state index in [0.717, 1.165) is 12.1 Å². The molecule has 0 atom stereocenters. The van der Waals surface area contributed by atoms with Crippen LogP contribution in [0.4, 0.5) is 14.5 Å². The van der Waals surface area contributed by atoms with Crippen molar-refractivity contribution < 1.29 is 23.5 Å². The molecule has 40 heavy (non-hydrogen) atoms. The molecule has 1 aromatic heterocycles. The quantitative estimate of drug-likeness (QED) is 0.203. The van der Waals surface area contributed by atoms with Crippen LogP contribution in [0.2, 0.25) is 10.0 Å². The maximum absolute atomic E-state index is 14.2. The molecule has 202 valence electrons. The van der Waals surface area contributed by atoms with Crippen molar-refractivity contribution in [2.24, 2.45) is 0 Å². The smallest absolute Gasteiger partial charge is 0.305 e. The SMILES string of the molecule is N#Cc1cc(NCc2cc(F)c(F)cc2-c2ccc(C(=O)NCCC(=O)O)nc2)ccc1-c1ccc(Cl)cc1Cl. The molecule has 0 aliphatic rings. The van der Waals surface area contributed by atoms with Crippen molar-refractivity contribution in [3.8, 4) is 28.3 Å². The van der Waals surface area contributed by atoms with Gasteiger partial charge in [-0.3, -0.25) is 14.6 Å². The number of amides is 1. The van der Waals surface area contributed by atoms with Crippen molar-refractivity contribution in [3.63, 3.8) is 0 Å². The van der Waals surface area contributed by atoms with Gasteiger partial charge in [0.1, 0.15) is 5.69 Å². The molecule has 4 aromatic rings. The molecule has 0 unspecified atom stereocenters. The number of hydrogen-bond donors (Lipinski definition) is 3. The number of aromatic nitrogens is 1. The van der Waals surface area contributed by atoms with Gasteiger partial charge in [-0.05, 0) is 53.6 Å². The van der Waals surface area contributed by atoms with E-state index >= 15 is 0 Å². The van der Waals surface area contributed by atoms with Crippen molar-refractivity contribution in [1.29, 1.82) is 5.26 Å². The predicted molar refractivity (Wildman–Crippen MR) is 148 cm³/mol. The Hall–Kier alpha value is -4.52. The van der Waals surface area contributed by atoms with Crippen molar-refractivity contribution in [2.75, 3.05) is 11.9 Å². The van der Waals surface area contributed by atoms with Crippen LogP contribution in [0.5, 0.6) is 0 Å². The van der Waals surface area contributed by atoms with Crippen LogP contribution < -0.4 is 10.6 Å². The van der Waals surface area contributed by atoms with Gasteiger partial charge < -0.3 is 15.7 Å². The van der Waals surface area contributed by atoms with E-state index in [1.165, 1.54) is 18.3 Å². The number of nitriles is 1. The van der Waals surface area contributed by atoms with Crippen LogP contribution in [-0.4, -0.2) is 28.5 Å². The Labute approximate surface area is 238 Å². The molecule has 0 bridgehead atoms. The lowest BCUT2D eigenvalue weighted by molar-refractivity contribution is -0.136. The standard InChI is InChI=1S/C29H20Cl2F2N4O3/c30-19-2-4-22(24(31)11-19)21-5-3-20(9-17(21)13-34)36-15-18-10-25(32)26(33)12-23(18)16-1-6-27(37-14-16)29(40)35-8-7-28(38)39/h1-6,9-12,14,36H,7-8,15H2,(H,35,40)(H,38,39). The van der Waals surface area contributed by atoms with Gasteiger partial charge in [-0.2, -0.15) is 5.26 Å². The number of carbonyl (C=O) groups excluding carboxylic acids is 1. The van der Waals surface area contributed by atoms with Crippen molar-refractivity contribution in [2.45, 2.75) is 13.0 Å². The fraction of sp³-hybridized carbons (Fsp3) is 0.103. The third-order valence-electron chi connectivity index (χ3n) is 5.92. The molecule has 3 N–H and O–H groups in total. The molecule has 0 aliphatic carbocycles. The Bertz CT molecular complexity index is 1640. The zero-order valence-corrected chi connectivity index (χ0v) is 22.2. The summed E-state index contributed by atoms with van der Waals surface area (Å²) in [6.45, 7) is 0.0215. The number of benzene rings is 3. The van der Waals surface area contributed by atoms with E-state index in [1.54, 1.807) is 36.4 Å². The zero-order valence-electron chi connectivity index (χ0n) is 20.6. The molecule has 0 radical (unpaired) electrons. The Balaban J connectivity index is 1.56. The average molecular weight is 581 g/mol. The molecular formula is C29H20Cl2F2N4O3. The van der Waals surface area contributed by atoms with Gasteiger partial charge in [-0.25, -0.2) is 8.78 Å². The largest absolute Gasteiger partial charge is 0.481 e. The first-order valence-corrected chi connectivity index (χ1v) is 12.6. The highest BCUT2D eigenvalue weighted by Gasteiger charge is 2.15. The van der Waals surface area contributed by atoms with Gasteiger partial charge in [0.15, 0.2) is 11.6 Å². The van der Waals surface area contributed by atoms with E-state index in [2.05, 4.69) is 21.7 Å². The molecule has 3 aromatic carbocycles. The number of pyridine rings is 1. The lowest BCUT2D eigenvalue weighted by Crippen LogP contribution is -2.26. The van der Waals surface area contributed by atoms with E-state index in [4.69, 9.17) is 28.3 Å². The van der Waals surface area contributed by atoms with Crippen molar-refractivity contribution >= 4 is 40.8 Å². The topological polar surface area (TPSA) is 115 Å². The van der Waals surface area contributed by atoms with E-state index in [9.17, 15) is 23.6 Å². The van der Waals surface area contributed by atoms with E-state index in [-0.39, 0.29) is 25.2 Å². The molecule has 7 nitrogen and oxygen atoms in total. The lowest BCUT2D eigenvalue weighted by Gasteiger charge is -2.14. The molecule has 1 amide bonds. The number of carboxylic acid groups (broad SMARTS) is 1. The minimum atomic E-state index is -1.05. The number of hydrogen-bond acceptors (Lipinski definition) is 5. The Morgan fingerprint density at radius 1 is 0.950 bits per heavy atom. The molecule has 0 spiro atoms. The van der Waals surface area contributed by atoms with Gasteiger partial charge >= 0.3 is 5.97 Å². The second-order valence-corrected chi connectivity index (χ2v) is 9.45. The lowest BCUT2D eigenvalue weighted by atomic mass is 9.98. The number of carboxylic acids is 1. The van der Waals surface area contributed by atoms with Crippen LogP contribution in [0.1, 0.15) is 28.0 Å². The second kappa shape index (κ2) is 12.6. The summed E-state index contributed by atoms with van der Waals surface area (Å²) < 4.78 is 28.4. The highest BCUT2D eigenvalue weighted by atomic mass is 35.5. The maximum atomic E-state index is 14.2. The first-order valence-electron chi connectivity index (χ1n) is 11.8. The Morgan fingerprint density at radius 3 is 2.38 bits per heavy atom. The highest BCUT2D eigenvalue weighted by Crippen LogP contribution is 2.34. The normalized spacial score (nSPS) is 10.6. The summed E-state index contributed by atoms with van der Waals surface area (Å²) in [5, 5.41) is 24.9. The van der Waals surface area contributed by atoms with Crippen molar-refractivity contribution in [3.05, 3.63) is 105 Å². The van der Waals surface area contributed by atoms with E-state index in [1.807, 2.05) is 0 Å². The number of anilines is 1. The summed E-state index contributed by atoms with van der Waals surface area (Å²) in [7, 11) is 0. The predicted octanol–water partition coefficient (Wildman–Crippen LogP) is 6.69. The molecule has 0 saturated heterocycles. The summed E-state index contributed by atoms with van der Waals surface area (Å²) in [4.78, 5) is 26.9. The number of halogens is 4. The van der Waals surface area contributed by atoms with Crippen LogP contribution in [0, 0.1) is 23.0 Å². The zero-order chi connectivity index (χ0) is 28.8. The van der Waals surface area contributed by atoms with Crippen molar-refractivity contribution in [1.82, 2.24) is 10.3 Å². The van der Waals surface area contributed by atoms with Crippen LogP contribution in [0.15, 0.2) is 66.9 Å². The van der Waals surface area contributed by atoms with Crippen LogP contribution in [0.25, 0.3) is 22.3 Å². The molecule has 0 fully saturated rings. The Morgan fingerprint density at radius 2 is 1.70 bits per heavy atom. The molecule has 11 heteroatoms. The van der Waals surface area contributed by atoms with Gasteiger partial charge in [0.05, 0.1) is 18.1 Å². The summed E-state index contributed by atoms with van der Waals surface area (Å²) in [5.74, 6) is -3.69. The number of aliphatic carboxylic acids is 1. The molecule has 1 heterocycles. The molecule has 0 saturated carbocycles. The Kier molecular flexibility index (Phi) is 8.94.